The first-order valence-electron chi connectivity index (χ1n) is 5.27. The average molecular weight is 242 g/mol. The van der Waals surface area contributed by atoms with Gasteiger partial charge in [0.2, 0.25) is 0 Å². The third-order valence-corrected chi connectivity index (χ3v) is 2.40. The lowest BCUT2D eigenvalue weighted by atomic mass is 10.0. The normalized spacial score (nSPS) is 12.2. The van der Waals surface area contributed by atoms with E-state index in [1.807, 2.05) is 24.3 Å². The number of hydrogen-bond acceptors (Lipinski definition) is 3. The molecule has 0 aromatic heterocycles. The van der Waals surface area contributed by atoms with Crippen molar-refractivity contribution in [3.63, 3.8) is 0 Å². The molecule has 0 radical (unpaired) electrons. The molecule has 0 aliphatic heterocycles. The molecule has 1 atom stereocenters. The van der Waals surface area contributed by atoms with Crippen LogP contribution in [0, 0.1) is 0 Å². The summed E-state index contributed by atoms with van der Waals surface area (Å²) in [5, 5.41) is 0.697. The smallest absolute Gasteiger partial charge is 0.307 e. The van der Waals surface area contributed by atoms with Gasteiger partial charge in [0.25, 0.3) is 0 Å². The Kier molecular flexibility index (Phi) is 5.29. The Morgan fingerprint density at radius 1 is 1.44 bits per heavy atom. The van der Waals surface area contributed by atoms with E-state index < -0.39 is 0 Å². The Morgan fingerprint density at radius 3 is 2.62 bits per heavy atom. The minimum Gasteiger partial charge on any atom is -0.466 e. The number of esters is 1. The van der Waals surface area contributed by atoms with Crippen LogP contribution in [0.5, 0.6) is 0 Å². The van der Waals surface area contributed by atoms with E-state index in [1.54, 1.807) is 6.92 Å². The van der Waals surface area contributed by atoms with Gasteiger partial charge in [-0.1, -0.05) is 23.7 Å². The lowest BCUT2D eigenvalue weighted by Gasteiger charge is -2.10. The second-order valence-corrected chi connectivity index (χ2v) is 4.04. The van der Waals surface area contributed by atoms with Crippen LogP contribution in [0.1, 0.15) is 18.9 Å². The van der Waals surface area contributed by atoms with Crippen molar-refractivity contribution in [2.24, 2.45) is 5.73 Å². The van der Waals surface area contributed by atoms with Crippen LogP contribution in [0.3, 0.4) is 0 Å². The fraction of sp³-hybridized carbons (Fsp3) is 0.417. The molecule has 0 unspecified atom stereocenters. The lowest BCUT2D eigenvalue weighted by Crippen LogP contribution is -2.27. The number of ether oxygens (including phenoxy) is 1. The number of rotatable bonds is 5. The van der Waals surface area contributed by atoms with Crippen molar-refractivity contribution in [1.29, 1.82) is 0 Å². The number of carbonyl (C=O) groups excluding carboxylic acids is 1. The molecule has 16 heavy (non-hydrogen) atoms. The largest absolute Gasteiger partial charge is 0.466 e. The number of nitrogens with two attached hydrogens (primary N) is 1. The highest BCUT2D eigenvalue weighted by Gasteiger charge is 2.10. The maximum Gasteiger partial charge on any atom is 0.307 e. The minimum atomic E-state index is -0.246. The summed E-state index contributed by atoms with van der Waals surface area (Å²) >= 11 is 5.77. The van der Waals surface area contributed by atoms with Crippen LogP contribution in [0.25, 0.3) is 0 Å². The fourth-order valence-corrected chi connectivity index (χ4v) is 1.56. The van der Waals surface area contributed by atoms with Crippen molar-refractivity contribution in [3.8, 4) is 0 Å². The van der Waals surface area contributed by atoms with Gasteiger partial charge in [0.05, 0.1) is 13.0 Å². The summed E-state index contributed by atoms with van der Waals surface area (Å²) in [6.45, 7) is 2.18. The van der Waals surface area contributed by atoms with Crippen LogP contribution in [0.15, 0.2) is 24.3 Å². The topological polar surface area (TPSA) is 52.3 Å². The van der Waals surface area contributed by atoms with Crippen LogP contribution in [0.2, 0.25) is 5.02 Å². The van der Waals surface area contributed by atoms with E-state index >= 15 is 0 Å². The minimum absolute atomic E-state index is 0.208. The van der Waals surface area contributed by atoms with Crippen molar-refractivity contribution in [3.05, 3.63) is 34.9 Å². The Labute approximate surface area is 101 Å². The summed E-state index contributed by atoms with van der Waals surface area (Å²) < 4.78 is 4.83. The van der Waals surface area contributed by atoms with Crippen molar-refractivity contribution < 1.29 is 9.53 Å². The molecule has 1 aromatic rings. The fourth-order valence-electron chi connectivity index (χ4n) is 1.43. The Hall–Kier alpha value is -1.06. The van der Waals surface area contributed by atoms with Crippen molar-refractivity contribution in [2.45, 2.75) is 25.8 Å². The molecule has 2 N–H and O–H groups in total. The number of benzene rings is 1. The Morgan fingerprint density at radius 2 is 2.06 bits per heavy atom. The van der Waals surface area contributed by atoms with E-state index in [9.17, 15) is 4.79 Å². The molecular formula is C12H16ClNO2. The van der Waals surface area contributed by atoms with Gasteiger partial charge in [0.15, 0.2) is 0 Å². The standard InChI is InChI=1S/C12H16ClNO2/c1-2-16-12(15)8-11(14)7-9-3-5-10(13)6-4-9/h3-6,11H,2,7-8,14H2,1H3/t11-/m1/s1. The SMILES string of the molecule is CCOC(=O)C[C@H](N)Cc1ccc(Cl)cc1. The Balaban J connectivity index is 2.42. The van der Waals surface area contributed by atoms with Crippen molar-refractivity contribution >= 4 is 17.6 Å². The first-order chi connectivity index (χ1) is 7.61. The van der Waals surface area contributed by atoms with E-state index in [-0.39, 0.29) is 18.4 Å². The highest BCUT2D eigenvalue weighted by molar-refractivity contribution is 6.30. The molecule has 0 aliphatic rings. The summed E-state index contributed by atoms with van der Waals surface area (Å²) in [4.78, 5) is 11.2. The average Bonchev–Trinajstić information content (AvgIpc) is 2.21. The molecule has 0 heterocycles. The molecule has 0 spiro atoms. The maximum absolute atomic E-state index is 11.2. The Bertz CT molecular complexity index is 337. The summed E-state index contributed by atoms with van der Waals surface area (Å²) in [6.07, 6.45) is 0.895. The van der Waals surface area contributed by atoms with Crippen molar-refractivity contribution in [2.75, 3.05) is 6.61 Å². The molecule has 88 valence electrons. The van der Waals surface area contributed by atoms with Gasteiger partial charge in [0, 0.05) is 11.1 Å². The second-order valence-electron chi connectivity index (χ2n) is 3.60. The highest BCUT2D eigenvalue weighted by Crippen LogP contribution is 2.11. The molecule has 1 aromatic carbocycles. The highest BCUT2D eigenvalue weighted by atomic mass is 35.5. The molecule has 1 rings (SSSR count). The predicted molar refractivity (Wildman–Crippen MR) is 64.4 cm³/mol. The van der Waals surface area contributed by atoms with E-state index in [4.69, 9.17) is 22.1 Å². The van der Waals surface area contributed by atoms with Gasteiger partial charge in [-0.05, 0) is 31.0 Å². The molecule has 3 nitrogen and oxygen atoms in total. The van der Waals surface area contributed by atoms with Gasteiger partial charge < -0.3 is 10.5 Å². The van der Waals surface area contributed by atoms with Crippen LogP contribution >= 0.6 is 11.6 Å². The van der Waals surface area contributed by atoms with Gasteiger partial charge in [-0.25, -0.2) is 0 Å². The molecule has 0 fully saturated rings. The van der Waals surface area contributed by atoms with Gasteiger partial charge in [-0.15, -0.1) is 0 Å². The predicted octanol–water partition coefficient (Wildman–Crippen LogP) is 2.16. The molecule has 0 bridgehead atoms. The molecule has 0 amide bonds. The summed E-state index contributed by atoms with van der Waals surface area (Å²) in [7, 11) is 0. The van der Waals surface area contributed by atoms with Gasteiger partial charge in [-0.3, -0.25) is 4.79 Å². The van der Waals surface area contributed by atoms with Gasteiger partial charge in [0.1, 0.15) is 0 Å². The second kappa shape index (κ2) is 6.51. The lowest BCUT2D eigenvalue weighted by molar-refractivity contribution is -0.143. The zero-order valence-corrected chi connectivity index (χ0v) is 10.0. The summed E-state index contributed by atoms with van der Waals surface area (Å²) in [5.41, 5.74) is 6.91. The zero-order valence-electron chi connectivity index (χ0n) is 9.28. The van der Waals surface area contributed by atoms with Crippen LogP contribution in [0.4, 0.5) is 0 Å². The molecule has 0 saturated heterocycles. The number of halogens is 1. The maximum atomic E-state index is 11.2. The van der Waals surface area contributed by atoms with Gasteiger partial charge >= 0.3 is 5.97 Å². The van der Waals surface area contributed by atoms with Crippen molar-refractivity contribution in [1.82, 2.24) is 0 Å². The summed E-state index contributed by atoms with van der Waals surface area (Å²) in [5.74, 6) is -0.246. The first-order valence-corrected chi connectivity index (χ1v) is 5.65. The quantitative estimate of drug-likeness (QED) is 0.804. The van der Waals surface area contributed by atoms with E-state index in [0.29, 0.717) is 18.1 Å². The van der Waals surface area contributed by atoms with Crippen LogP contribution < -0.4 is 5.73 Å². The molecular weight excluding hydrogens is 226 g/mol. The summed E-state index contributed by atoms with van der Waals surface area (Å²) in [6, 6.07) is 7.24. The van der Waals surface area contributed by atoms with Crippen LogP contribution in [-0.4, -0.2) is 18.6 Å². The number of carbonyl (C=O) groups is 1. The number of hydrogen-bond donors (Lipinski definition) is 1. The zero-order chi connectivity index (χ0) is 12.0. The van der Waals surface area contributed by atoms with E-state index in [1.165, 1.54) is 0 Å². The third kappa shape index (κ3) is 4.64. The van der Waals surface area contributed by atoms with Gasteiger partial charge in [-0.2, -0.15) is 0 Å². The van der Waals surface area contributed by atoms with Crippen LogP contribution in [-0.2, 0) is 16.0 Å². The third-order valence-electron chi connectivity index (χ3n) is 2.15. The molecule has 0 aliphatic carbocycles. The van der Waals surface area contributed by atoms with E-state index in [0.717, 1.165) is 5.56 Å². The first kappa shape index (κ1) is 13.0. The molecule has 4 heteroatoms. The molecule has 0 saturated carbocycles. The monoisotopic (exact) mass is 241 g/mol. The van der Waals surface area contributed by atoms with E-state index in [2.05, 4.69) is 0 Å².